The van der Waals surface area contributed by atoms with E-state index in [4.69, 9.17) is 23.2 Å². The molecule has 0 bridgehead atoms. The molecule has 1 atom stereocenters. The highest BCUT2D eigenvalue weighted by Gasteiger charge is 2.10. The van der Waals surface area contributed by atoms with Crippen molar-refractivity contribution in [2.24, 2.45) is 0 Å². The molecule has 0 aliphatic heterocycles. The number of halogens is 4. The third-order valence-corrected chi connectivity index (χ3v) is 2.67. The molecular formula is C9H10Cl2F2N10. The molecule has 0 saturated heterocycles. The van der Waals surface area contributed by atoms with Crippen LogP contribution < -0.4 is 21.7 Å². The van der Waals surface area contributed by atoms with Gasteiger partial charge in [0.15, 0.2) is 0 Å². The van der Waals surface area contributed by atoms with Crippen LogP contribution in [0.1, 0.15) is 6.92 Å². The highest BCUT2D eigenvalue weighted by atomic mass is 35.5. The first-order valence-electron chi connectivity index (χ1n) is 6.07. The lowest BCUT2D eigenvalue weighted by Crippen LogP contribution is -2.27. The van der Waals surface area contributed by atoms with Crippen LogP contribution in [-0.2, 0) is 0 Å². The third-order valence-electron chi connectivity index (χ3n) is 2.33. The molecule has 1 unspecified atom stereocenters. The van der Waals surface area contributed by atoms with E-state index >= 15 is 0 Å². The number of hydrogen-bond acceptors (Lipinski definition) is 10. The molecule has 0 aromatic carbocycles. The van der Waals surface area contributed by atoms with Gasteiger partial charge >= 0.3 is 0 Å². The predicted molar refractivity (Wildman–Crippen MR) is 80.7 cm³/mol. The molecule has 0 radical (unpaired) electrons. The van der Waals surface area contributed by atoms with E-state index in [1.807, 2.05) is 0 Å². The molecule has 10 nitrogen and oxygen atoms in total. The van der Waals surface area contributed by atoms with Gasteiger partial charge in [0.2, 0.25) is 22.5 Å². The summed E-state index contributed by atoms with van der Waals surface area (Å²) in [5.74, 6) is -0.510. The van der Waals surface area contributed by atoms with E-state index in [2.05, 4.69) is 40.5 Å². The van der Waals surface area contributed by atoms with Crippen molar-refractivity contribution in [3.63, 3.8) is 0 Å². The maximum absolute atomic E-state index is 12.3. The number of nitrogens with one attached hydrogen (secondary N) is 4. The first-order chi connectivity index (χ1) is 11.0. The summed E-state index contributed by atoms with van der Waals surface area (Å²) in [5, 5.41) is 5.32. The molecule has 0 amide bonds. The Labute approximate surface area is 138 Å². The Kier molecular flexibility index (Phi) is 5.76. The Hall–Kier alpha value is -2.34. The maximum Gasteiger partial charge on any atom is 0.257 e. The first-order valence-corrected chi connectivity index (χ1v) is 6.82. The quantitative estimate of drug-likeness (QED) is 0.539. The Morgan fingerprint density at radius 3 is 1.87 bits per heavy atom. The fraction of sp³-hybridized carbons (Fsp3) is 0.333. The fourth-order valence-corrected chi connectivity index (χ4v) is 1.76. The number of hydrogen-bond donors (Lipinski definition) is 4. The summed E-state index contributed by atoms with van der Waals surface area (Å²) in [7, 11) is 0. The summed E-state index contributed by atoms with van der Waals surface area (Å²) in [5.41, 5.74) is 2.54. The van der Waals surface area contributed by atoms with E-state index in [0.29, 0.717) is 0 Å². The molecule has 0 spiro atoms. The van der Waals surface area contributed by atoms with Gasteiger partial charge in [-0.3, -0.25) is 0 Å². The third kappa shape index (κ3) is 5.10. The molecular weight excluding hydrogens is 357 g/mol. The van der Waals surface area contributed by atoms with Crippen molar-refractivity contribution >= 4 is 47.0 Å². The minimum absolute atomic E-state index is 0.0681. The maximum atomic E-state index is 12.3. The van der Waals surface area contributed by atoms with Crippen LogP contribution in [0.4, 0.5) is 32.8 Å². The van der Waals surface area contributed by atoms with Gasteiger partial charge in [-0.05, 0) is 30.1 Å². The number of rotatable bonds is 7. The monoisotopic (exact) mass is 366 g/mol. The lowest BCUT2D eigenvalue weighted by Gasteiger charge is -2.15. The second-order valence-electron chi connectivity index (χ2n) is 4.12. The fourth-order valence-electron chi connectivity index (χ4n) is 1.44. The zero-order valence-corrected chi connectivity index (χ0v) is 13.0. The first kappa shape index (κ1) is 17.0. The Morgan fingerprint density at radius 2 is 1.30 bits per heavy atom. The van der Waals surface area contributed by atoms with Gasteiger partial charge in [0, 0.05) is 12.6 Å². The van der Waals surface area contributed by atoms with Crippen molar-refractivity contribution < 1.29 is 8.96 Å². The van der Waals surface area contributed by atoms with Gasteiger partial charge in [0.25, 0.3) is 11.9 Å². The van der Waals surface area contributed by atoms with Crippen LogP contribution in [0.25, 0.3) is 0 Å². The molecule has 0 fully saturated rings. The van der Waals surface area contributed by atoms with E-state index in [-0.39, 0.29) is 46.9 Å². The molecule has 0 aliphatic rings. The molecule has 2 rings (SSSR count). The lowest BCUT2D eigenvalue weighted by atomic mass is 10.3. The van der Waals surface area contributed by atoms with Gasteiger partial charge < -0.3 is 10.6 Å². The van der Waals surface area contributed by atoms with E-state index in [9.17, 15) is 8.96 Å². The van der Waals surface area contributed by atoms with E-state index in [1.54, 1.807) is 6.92 Å². The zero-order valence-electron chi connectivity index (χ0n) is 11.5. The van der Waals surface area contributed by atoms with Crippen molar-refractivity contribution in [3.05, 3.63) is 10.6 Å². The molecule has 14 heteroatoms. The van der Waals surface area contributed by atoms with Crippen LogP contribution in [0.3, 0.4) is 0 Å². The molecule has 0 saturated carbocycles. The molecule has 23 heavy (non-hydrogen) atoms. The van der Waals surface area contributed by atoms with Crippen molar-refractivity contribution in [2.75, 3.05) is 28.3 Å². The van der Waals surface area contributed by atoms with Crippen molar-refractivity contribution in [3.8, 4) is 0 Å². The van der Waals surface area contributed by atoms with Crippen LogP contribution >= 0.6 is 23.2 Å². The van der Waals surface area contributed by atoms with Gasteiger partial charge in [-0.25, -0.2) is 0 Å². The summed E-state index contributed by atoms with van der Waals surface area (Å²) in [6, 6.07) is -0.252. The normalized spacial score (nSPS) is 11.7. The average Bonchev–Trinajstić information content (AvgIpc) is 2.51. The summed E-state index contributed by atoms with van der Waals surface area (Å²) >= 11 is 11.2. The Balaban J connectivity index is 1.96. The van der Waals surface area contributed by atoms with Crippen LogP contribution in [0.15, 0.2) is 0 Å². The minimum Gasteiger partial charge on any atom is -0.352 e. The van der Waals surface area contributed by atoms with Crippen molar-refractivity contribution in [1.82, 2.24) is 29.9 Å². The smallest absolute Gasteiger partial charge is 0.257 e. The van der Waals surface area contributed by atoms with E-state index in [0.717, 1.165) is 0 Å². The van der Waals surface area contributed by atoms with Gasteiger partial charge in [-0.2, -0.15) is 41.0 Å². The van der Waals surface area contributed by atoms with Gasteiger partial charge in [-0.15, -0.1) is 8.96 Å². The Morgan fingerprint density at radius 1 is 0.826 bits per heavy atom. The molecule has 2 heterocycles. The largest absolute Gasteiger partial charge is 0.352 e. The van der Waals surface area contributed by atoms with Crippen LogP contribution in [0, 0.1) is 0 Å². The van der Waals surface area contributed by atoms with Gasteiger partial charge in [-0.1, -0.05) is 0 Å². The summed E-state index contributed by atoms with van der Waals surface area (Å²) in [6.07, 6.45) is 0. The standard InChI is InChI=1S/C9H10Cl2F2N10/c1-3(15-7-17-5(11)19-9(21-7)23-13)2-14-6-16-4(10)18-8(20-6)22-12/h3H,2H2,1H3,(H2,14,16,18,20,22)(H2,15,17,19,21,23). The van der Waals surface area contributed by atoms with Gasteiger partial charge in [0.1, 0.15) is 0 Å². The van der Waals surface area contributed by atoms with Crippen molar-refractivity contribution in [1.29, 1.82) is 0 Å². The minimum atomic E-state index is -0.324. The van der Waals surface area contributed by atoms with Crippen molar-refractivity contribution in [2.45, 2.75) is 13.0 Å². The topological polar surface area (TPSA) is 125 Å². The van der Waals surface area contributed by atoms with Crippen LogP contribution in [-0.4, -0.2) is 42.5 Å². The number of nitrogens with zero attached hydrogens (tertiary/aromatic N) is 6. The SMILES string of the molecule is CC(CNc1nc(Cl)nc(NF)n1)Nc1nc(Cl)nc(NF)n1. The van der Waals surface area contributed by atoms with Crippen LogP contribution in [0.5, 0.6) is 0 Å². The van der Waals surface area contributed by atoms with Gasteiger partial charge in [0.05, 0.1) is 0 Å². The average molecular weight is 367 g/mol. The molecule has 4 N–H and O–H groups in total. The highest BCUT2D eigenvalue weighted by molar-refractivity contribution is 6.28. The highest BCUT2D eigenvalue weighted by Crippen LogP contribution is 2.12. The number of aromatic nitrogens is 6. The number of anilines is 4. The second-order valence-corrected chi connectivity index (χ2v) is 4.79. The molecule has 2 aromatic heterocycles. The van der Waals surface area contributed by atoms with E-state index in [1.165, 1.54) is 11.1 Å². The second kappa shape index (κ2) is 7.78. The zero-order chi connectivity index (χ0) is 16.8. The summed E-state index contributed by atoms with van der Waals surface area (Å²) in [6.45, 7) is 2.05. The Bertz CT molecular complexity index is 675. The predicted octanol–water partition coefficient (Wildman–Crippen LogP) is 1.87. The summed E-state index contributed by atoms with van der Waals surface area (Å²) < 4.78 is 24.6. The van der Waals surface area contributed by atoms with Crippen LogP contribution in [0.2, 0.25) is 10.6 Å². The molecule has 124 valence electrons. The van der Waals surface area contributed by atoms with E-state index < -0.39 is 0 Å². The summed E-state index contributed by atoms with van der Waals surface area (Å²) in [4.78, 5) is 22.0. The lowest BCUT2D eigenvalue weighted by molar-refractivity contribution is 0.603. The molecule has 0 aliphatic carbocycles. The molecule has 2 aromatic rings.